The van der Waals surface area contributed by atoms with Crippen molar-refractivity contribution in [1.82, 2.24) is 15.4 Å². The van der Waals surface area contributed by atoms with Gasteiger partial charge in [-0.05, 0) is 50.2 Å². The van der Waals surface area contributed by atoms with Crippen molar-refractivity contribution < 1.29 is 13.2 Å². The summed E-state index contributed by atoms with van der Waals surface area (Å²) < 4.78 is 31.8. The van der Waals surface area contributed by atoms with E-state index < -0.39 is 10.0 Å². The molecule has 2 aromatic rings. The van der Waals surface area contributed by atoms with Gasteiger partial charge in [-0.25, -0.2) is 13.1 Å². The SMILES string of the molecule is CN=C(NCc1ccc(S(=O)(=O)NC)cc1)NCC(C)Oc1ccccc1C. The lowest BCUT2D eigenvalue weighted by atomic mass is 10.2. The van der Waals surface area contributed by atoms with Crippen LogP contribution >= 0.6 is 0 Å². The number of benzene rings is 2. The van der Waals surface area contributed by atoms with Gasteiger partial charge in [-0.15, -0.1) is 0 Å². The third kappa shape index (κ3) is 6.24. The van der Waals surface area contributed by atoms with Crippen LogP contribution in [-0.2, 0) is 16.6 Å². The first-order valence-electron chi connectivity index (χ1n) is 9.05. The number of para-hydroxylation sites is 1. The van der Waals surface area contributed by atoms with Gasteiger partial charge in [0.1, 0.15) is 11.9 Å². The average Bonchev–Trinajstić information content (AvgIpc) is 2.70. The summed E-state index contributed by atoms with van der Waals surface area (Å²) in [5, 5.41) is 6.44. The summed E-state index contributed by atoms with van der Waals surface area (Å²) in [5.41, 5.74) is 2.04. The maximum Gasteiger partial charge on any atom is 0.240 e. The minimum Gasteiger partial charge on any atom is -0.489 e. The van der Waals surface area contributed by atoms with Crippen LogP contribution in [0.4, 0.5) is 0 Å². The van der Waals surface area contributed by atoms with Crippen LogP contribution in [0.15, 0.2) is 58.4 Å². The third-order valence-corrected chi connectivity index (χ3v) is 5.59. The zero-order chi connectivity index (χ0) is 20.6. The molecule has 0 saturated heterocycles. The molecule has 3 N–H and O–H groups in total. The number of sulfonamides is 1. The highest BCUT2D eigenvalue weighted by Crippen LogP contribution is 2.17. The van der Waals surface area contributed by atoms with Gasteiger partial charge in [0.2, 0.25) is 10.0 Å². The second-order valence-corrected chi connectivity index (χ2v) is 8.24. The molecule has 0 heterocycles. The Morgan fingerprint density at radius 1 is 1.11 bits per heavy atom. The molecule has 0 amide bonds. The standard InChI is InChI=1S/C20H28N4O3S/c1-15-7-5-6-8-19(15)27-16(2)13-23-20(21-3)24-14-17-9-11-18(12-10-17)28(25,26)22-4/h5-12,16,22H,13-14H2,1-4H3,(H2,21,23,24). The first-order chi connectivity index (χ1) is 13.4. The molecule has 1 unspecified atom stereocenters. The number of ether oxygens (including phenoxy) is 1. The summed E-state index contributed by atoms with van der Waals surface area (Å²) in [4.78, 5) is 4.44. The lowest BCUT2D eigenvalue weighted by Crippen LogP contribution is -2.41. The Hall–Kier alpha value is -2.58. The van der Waals surface area contributed by atoms with Crippen LogP contribution in [0.25, 0.3) is 0 Å². The molecule has 152 valence electrons. The van der Waals surface area contributed by atoms with E-state index in [1.54, 1.807) is 31.3 Å². The molecule has 1 atom stereocenters. The zero-order valence-electron chi connectivity index (χ0n) is 16.7. The fraction of sp³-hybridized carbons (Fsp3) is 0.350. The first-order valence-corrected chi connectivity index (χ1v) is 10.5. The van der Waals surface area contributed by atoms with Gasteiger partial charge in [0.05, 0.1) is 11.4 Å². The summed E-state index contributed by atoms with van der Waals surface area (Å²) in [6.45, 7) is 5.12. The third-order valence-electron chi connectivity index (χ3n) is 4.16. The number of nitrogens with one attached hydrogen (secondary N) is 3. The van der Waals surface area contributed by atoms with Gasteiger partial charge in [0.25, 0.3) is 0 Å². The van der Waals surface area contributed by atoms with E-state index in [9.17, 15) is 8.42 Å². The predicted octanol–water partition coefficient (Wildman–Crippen LogP) is 2.04. The Morgan fingerprint density at radius 2 is 1.79 bits per heavy atom. The van der Waals surface area contributed by atoms with Crippen LogP contribution < -0.4 is 20.1 Å². The minimum absolute atomic E-state index is 0.0364. The number of aliphatic imine (C=N–C) groups is 1. The molecule has 0 aliphatic carbocycles. The van der Waals surface area contributed by atoms with Gasteiger partial charge >= 0.3 is 0 Å². The van der Waals surface area contributed by atoms with Crippen molar-refractivity contribution in [3.05, 3.63) is 59.7 Å². The molecule has 0 aliphatic heterocycles. The topological polar surface area (TPSA) is 91.8 Å². The fourth-order valence-corrected chi connectivity index (χ4v) is 3.23. The van der Waals surface area contributed by atoms with Crippen LogP contribution in [0.5, 0.6) is 5.75 Å². The zero-order valence-corrected chi connectivity index (χ0v) is 17.5. The molecule has 0 fully saturated rings. The van der Waals surface area contributed by atoms with E-state index in [0.29, 0.717) is 19.0 Å². The van der Waals surface area contributed by atoms with Crippen LogP contribution in [0.2, 0.25) is 0 Å². The van der Waals surface area contributed by atoms with Gasteiger partial charge in [-0.3, -0.25) is 4.99 Å². The number of hydrogen-bond acceptors (Lipinski definition) is 4. The Labute approximate surface area is 167 Å². The maximum atomic E-state index is 11.8. The van der Waals surface area contributed by atoms with E-state index in [2.05, 4.69) is 20.3 Å². The van der Waals surface area contributed by atoms with Crippen molar-refractivity contribution in [1.29, 1.82) is 0 Å². The van der Waals surface area contributed by atoms with E-state index in [0.717, 1.165) is 16.9 Å². The Kier molecular flexibility index (Phi) is 7.83. The van der Waals surface area contributed by atoms with Crippen molar-refractivity contribution in [3.63, 3.8) is 0 Å². The summed E-state index contributed by atoms with van der Waals surface area (Å²) in [6, 6.07) is 14.6. The van der Waals surface area contributed by atoms with E-state index >= 15 is 0 Å². The molecule has 0 radical (unpaired) electrons. The van der Waals surface area contributed by atoms with Crippen LogP contribution in [0.1, 0.15) is 18.1 Å². The molecule has 0 aromatic heterocycles. The van der Waals surface area contributed by atoms with Crippen molar-refractivity contribution in [2.45, 2.75) is 31.4 Å². The van der Waals surface area contributed by atoms with Crippen LogP contribution in [0.3, 0.4) is 0 Å². The second-order valence-electron chi connectivity index (χ2n) is 6.35. The van der Waals surface area contributed by atoms with Crippen molar-refractivity contribution in [2.24, 2.45) is 4.99 Å². The second kappa shape index (κ2) is 10.1. The van der Waals surface area contributed by atoms with Crippen LogP contribution in [0, 0.1) is 6.92 Å². The Morgan fingerprint density at radius 3 is 2.39 bits per heavy atom. The van der Waals surface area contributed by atoms with Crippen molar-refractivity contribution in [3.8, 4) is 5.75 Å². The Bertz CT molecular complexity index is 896. The molecule has 28 heavy (non-hydrogen) atoms. The number of rotatable bonds is 8. The number of nitrogens with zero attached hydrogens (tertiary/aromatic N) is 1. The van der Waals surface area contributed by atoms with Gasteiger partial charge in [-0.2, -0.15) is 0 Å². The highest BCUT2D eigenvalue weighted by Gasteiger charge is 2.11. The lowest BCUT2D eigenvalue weighted by molar-refractivity contribution is 0.222. The molecule has 0 saturated carbocycles. The lowest BCUT2D eigenvalue weighted by Gasteiger charge is -2.19. The van der Waals surface area contributed by atoms with E-state index in [4.69, 9.17) is 4.74 Å². The molecular formula is C20H28N4O3S. The monoisotopic (exact) mass is 404 g/mol. The summed E-state index contributed by atoms with van der Waals surface area (Å²) in [7, 11) is -0.326. The largest absolute Gasteiger partial charge is 0.489 e. The predicted molar refractivity (Wildman–Crippen MR) is 112 cm³/mol. The minimum atomic E-state index is -3.42. The quantitative estimate of drug-likeness (QED) is 0.463. The summed E-state index contributed by atoms with van der Waals surface area (Å²) in [5.74, 6) is 1.52. The smallest absolute Gasteiger partial charge is 0.240 e. The number of aryl methyl sites for hydroxylation is 1. The molecule has 2 rings (SSSR count). The van der Waals surface area contributed by atoms with Gasteiger partial charge in [-0.1, -0.05) is 30.3 Å². The number of hydrogen-bond donors (Lipinski definition) is 3. The van der Waals surface area contributed by atoms with Gasteiger partial charge in [0.15, 0.2) is 5.96 Å². The molecule has 7 nitrogen and oxygen atoms in total. The van der Waals surface area contributed by atoms with Gasteiger partial charge < -0.3 is 15.4 Å². The first kappa shape index (κ1) is 21.7. The average molecular weight is 405 g/mol. The highest BCUT2D eigenvalue weighted by molar-refractivity contribution is 7.89. The van der Waals surface area contributed by atoms with E-state index in [-0.39, 0.29) is 11.0 Å². The maximum absolute atomic E-state index is 11.8. The highest BCUT2D eigenvalue weighted by atomic mass is 32.2. The van der Waals surface area contributed by atoms with Crippen molar-refractivity contribution in [2.75, 3.05) is 20.6 Å². The fourth-order valence-electron chi connectivity index (χ4n) is 2.50. The molecular weight excluding hydrogens is 376 g/mol. The molecule has 0 spiro atoms. The van der Waals surface area contributed by atoms with E-state index in [1.165, 1.54) is 7.05 Å². The molecule has 8 heteroatoms. The number of guanidine groups is 1. The molecule has 2 aromatic carbocycles. The Balaban J connectivity index is 1.83. The molecule has 0 aliphatic rings. The van der Waals surface area contributed by atoms with Crippen LogP contribution in [-0.4, -0.2) is 41.1 Å². The normalized spacial score (nSPS) is 13.1. The summed E-state index contributed by atoms with van der Waals surface area (Å²) in [6.07, 6.45) is -0.0364. The molecule has 0 bridgehead atoms. The van der Waals surface area contributed by atoms with Crippen molar-refractivity contribution >= 4 is 16.0 Å². The van der Waals surface area contributed by atoms with Gasteiger partial charge in [0, 0.05) is 13.6 Å². The van der Waals surface area contributed by atoms with E-state index in [1.807, 2.05) is 38.1 Å². The summed E-state index contributed by atoms with van der Waals surface area (Å²) >= 11 is 0.